The molecular weight excluding hydrogens is 303 g/mol. The molecule has 22 heavy (non-hydrogen) atoms. The van der Waals surface area contributed by atoms with Crippen molar-refractivity contribution < 1.29 is 27.8 Å². The second-order valence-corrected chi connectivity index (χ2v) is 4.64. The van der Waals surface area contributed by atoms with E-state index >= 15 is 0 Å². The van der Waals surface area contributed by atoms with Gasteiger partial charge in [-0.15, -0.1) is 0 Å². The average Bonchev–Trinajstić information content (AvgIpc) is 3.24. The Morgan fingerprint density at radius 2 is 2.00 bits per heavy atom. The number of hydrogen-bond donors (Lipinski definition) is 2. The van der Waals surface area contributed by atoms with Crippen LogP contribution in [-0.2, 0) is 0 Å². The number of halogens is 3. The summed E-state index contributed by atoms with van der Waals surface area (Å²) in [6.45, 7) is 0. The first kappa shape index (κ1) is 15.9. The lowest BCUT2D eigenvalue weighted by Crippen LogP contribution is -2.16. The normalized spacial score (nSPS) is 13.5. The average molecular weight is 315 g/mol. The third-order valence-electron chi connectivity index (χ3n) is 2.97. The summed E-state index contributed by atoms with van der Waals surface area (Å²) < 4.78 is 42.4. The number of alkyl halides is 1. The molecule has 2 aromatic rings. The van der Waals surface area contributed by atoms with Crippen LogP contribution in [0.15, 0.2) is 17.1 Å². The van der Waals surface area contributed by atoms with Crippen LogP contribution >= 0.6 is 0 Å². The number of benzene rings is 1. The maximum Gasteiger partial charge on any atom is 0.341 e. The van der Waals surface area contributed by atoms with Gasteiger partial charge in [-0.05, 0) is 18.9 Å². The van der Waals surface area contributed by atoms with Gasteiger partial charge in [0.25, 0.3) is 0 Å². The van der Waals surface area contributed by atoms with Crippen LogP contribution in [-0.4, -0.2) is 29.3 Å². The second-order valence-electron chi connectivity index (χ2n) is 4.64. The Hall–Kier alpha value is -2.51. The van der Waals surface area contributed by atoms with Gasteiger partial charge in [-0.1, -0.05) is 0 Å². The topological polar surface area (TPSA) is 79.4 Å². The minimum atomic E-state index is -1.46. The molecule has 118 valence electrons. The Labute approximate surface area is 122 Å². The van der Waals surface area contributed by atoms with Gasteiger partial charge in [0.1, 0.15) is 11.7 Å². The van der Waals surface area contributed by atoms with Crippen LogP contribution in [0.1, 0.15) is 23.2 Å². The number of ether oxygens (including phenoxy) is 1. The van der Waals surface area contributed by atoms with Crippen molar-refractivity contribution in [1.82, 2.24) is 4.98 Å². The predicted octanol–water partition coefficient (Wildman–Crippen LogP) is 2.63. The van der Waals surface area contributed by atoms with Crippen molar-refractivity contribution in [1.29, 1.82) is 0 Å². The number of H-pyrrole nitrogens is 1. The number of aromatic carboxylic acids is 1. The van der Waals surface area contributed by atoms with E-state index in [0.29, 0.717) is 6.07 Å². The highest BCUT2D eigenvalue weighted by atomic mass is 19.2. The Morgan fingerprint density at radius 1 is 1.41 bits per heavy atom. The first-order valence-electron chi connectivity index (χ1n) is 6.31. The van der Waals surface area contributed by atoms with Gasteiger partial charge in [0.2, 0.25) is 11.2 Å². The molecule has 3 rings (SSSR count). The summed E-state index contributed by atoms with van der Waals surface area (Å²) in [5, 5.41) is 8.47. The lowest BCUT2D eigenvalue weighted by atomic mass is 10.1. The zero-order chi connectivity index (χ0) is 16.4. The number of nitrogens with one attached hydrogen (secondary N) is 1. The lowest BCUT2D eigenvalue weighted by Gasteiger charge is -2.07. The van der Waals surface area contributed by atoms with Crippen LogP contribution in [0.5, 0.6) is 5.75 Å². The molecule has 1 aliphatic carbocycles. The molecule has 0 spiro atoms. The van der Waals surface area contributed by atoms with E-state index in [0.717, 1.165) is 26.1 Å². The molecule has 0 bridgehead atoms. The molecule has 0 radical (unpaired) electrons. The number of carboxylic acids is 1. The molecule has 1 aromatic carbocycles. The van der Waals surface area contributed by atoms with Crippen LogP contribution < -0.4 is 10.2 Å². The molecule has 1 heterocycles. The van der Waals surface area contributed by atoms with E-state index in [2.05, 4.69) is 9.72 Å². The summed E-state index contributed by atoms with van der Waals surface area (Å²) in [7, 11) is 1.11. The highest BCUT2D eigenvalue weighted by Gasteiger charge is 2.19. The number of carbonyl (C=O) groups is 1. The van der Waals surface area contributed by atoms with Gasteiger partial charge in [0.05, 0.1) is 18.0 Å². The van der Waals surface area contributed by atoms with Gasteiger partial charge >= 0.3 is 5.97 Å². The van der Waals surface area contributed by atoms with Crippen molar-refractivity contribution >= 4 is 16.9 Å². The minimum Gasteiger partial charge on any atom is -0.491 e. The van der Waals surface area contributed by atoms with Crippen molar-refractivity contribution in [2.24, 2.45) is 0 Å². The first-order chi connectivity index (χ1) is 10.4. The van der Waals surface area contributed by atoms with Crippen molar-refractivity contribution in [3.63, 3.8) is 0 Å². The van der Waals surface area contributed by atoms with Crippen LogP contribution in [0.25, 0.3) is 10.9 Å². The van der Waals surface area contributed by atoms with Crippen LogP contribution in [0.4, 0.5) is 13.2 Å². The molecule has 0 amide bonds. The zero-order valence-corrected chi connectivity index (χ0v) is 11.5. The van der Waals surface area contributed by atoms with E-state index < -0.39 is 40.5 Å². The lowest BCUT2D eigenvalue weighted by molar-refractivity contribution is 0.0695. The highest BCUT2D eigenvalue weighted by Crippen LogP contribution is 2.27. The number of pyridine rings is 1. The summed E-state index contributed by atoms with van der Waals surface area (Å²) in [6.07, 6.45) is 2.13. The van der Waals surface area contributed by atoms with Crippen molar-refractivity contribution in [3.05, 3.63) is 39.7 Å². The number of hydrogen-bond acceptors (Lipinski definition) is 3. The maximum atomic E-state index is 13.4. The number of fused-ring (bicyclic) bond motifs is 1. The van der Waals surface area contributed by atoms with Crippen LogP contribution in [0, 0.1) is 11.6 Å². The second kappa shape index (κ2) is 6.08. The summed E-state index contributed by atoms with van der Waals surface area (Å²) in [6, 6.07) is 0.637. The smallest absolute Gasteiger partial charge is 0.341 e. The summed E-state index contributed by atoms with van der Waals surface area (Å²) in [5.41, 5.74) is -1.56. The monoisotopic (exact) mass is 315 g/mol. The first-order valence-corrected chi connectivity index (χ1v) is 6.31. The van der Waals surface area contributed by atoms with E-state index in [4.69, 9.17) is 5.11 Å². The van der Waals surface area contributed by atoms with Gasteiger partial charge in [0.15, 0.2) is 11.6 Å². The van der Waals surface area contributed by atoms with Gasteiger partial charge in [-0.2, -0.15) is 4.39 Å². The molecule has 5 nitrogen and oxygen atoms in total. The molecule has 1 fully saturated rings. The number of carboxylic acid groups (broad SMARTS) is 1. The van der Waals surface area contributed by atoms with Gasteiger partial charge in [-0.3, -0.25) is 4.79 Å². The minimum absolute atomic E-state index is 0.0913. The predicted molar refractivity (Wildman–Crippen MR) is 72.1 cm³/mol. The molecule has 0 aliphatic heterocycles. The fourth-order valence-corrected chi connectivity index (χ4v) is 1.69. The maximum absolute atomic E-state index is 13.4. The van der Waals surface area contributed by atoms with Crippen molar-refractivity contribution in [3.8, 4) is 5.75 Å². The van der Waals surface area contributed by atoms with Gasteiger partial charge in [-0.25, -0.2) is 13.6 Å². The van der Waals surface area contributed by atoms with E-state index in [1.165, 1.54) is 0 Å². The highest BCUT2D eigenvalue weighted by molar-refractivity contribution is 5.93. The Kier molecular flexibility index (Phi) is 4.39. The molecule has 2 N–H and O–H groups in total. The van der Waals surface area contributed by atoms with Gasteiger partial charge in [0, 0.05) is 6.20 Å². The third kappa shape index (κ3) is 3.05. The third-order valence-corrected chi connectivity index (χ3v) is 2.97. The van der Waals surface area contributed by atoms with Gasteiger partial charge < -0.3 is 14.8 Å². The molecule has 0 atom stereocenters. The molecule has 1 saturated carbocycles. The van der Waals surface area contributed by atoms with Crippen molar-refractivity contribution in [2.75, 3.05) is 7.11 Å². The zero-order valence-electron chi connectivity index (χ0n) is 11.5. The Morgan fingerprint density at radius 3 is 2.45 bits per heavy atom. The molecule has 1 aromatic heterocycles. The molecule has 0 saturated heterocycles. The molecule has 8 heteroatoms. The summed E-state index contributed by atoms with van der Waals surface area (Å²) >= 11 is 0. The Balaban J connectivity index is 0.000000381. The number of aromatic amines is 1. The quantitative estimate of drug-likeness (QED) is 0.893. The van der Waals surface area contributed by atoms with Crippen molar-refractivity contribution in [2.45, 2.75) is 19.0 Å². The Bertz CT molecular complexity index is 784. The van der Waals surface area contributed by atoms with Crippen LogP contribution in [0.2, 0.25) is 0 Å². The van der Waals surface area contributed by atoms with Crippen LogP contribution in [0.3, 0.4) is 0 Å². The number of rotatable bonds is 2. The number of aromatic nitrogens is 1. The van der Waals surface area contributed by atoms with E-state index in [1.54, 1.807) is 0 Å². The molecule has 0 unspecified atom stereocenters. The molecule has 1 aliphatic rings. The SMILES string of the molecule is COc1c(F)c(F)cc2c(=O)c(C(=O)O)c[nH]c12.FC1CC1. The standard InChI is InChI=1S/C11H7F2NO4.C3H5F/c1-18-10-7(13)6(12)2-4-8(10)14-3-5(9(4)15)11(16)17;4-3-1-2-3/h2-3H,1H3,(H,14,15)(H,16,17);3H,1-2H2. The summed E-state index contributed by atoms with van der Waals surface area (Å²) in [5.74, 6) is -4.46. The largest absolute Gasteiger partial charge is 0.491 e. The van der Waals surface area contributed by atoms with E-state index in [9.17, 15) is 22.8 Å². The van der Waals surface area contributed by atoms with E-state index in [1.807, 2.05) is 0 Å². The summed E-state index contributed by atoms with van der Waals surface area (Å²) in [4.78, 5) is 24.9. The number of methoxy groups -OCH3 is 1. The fourth-order valence-electron chi connectivity index (χ4n) is 1.69. The fraction of sp³-hybridized carbons (Fsp3) is 0.286. The van der Waals surface area contributed by atoms with E-state index in [-0.39, 0.29) is 10.9 Å². The molecular formula is C14H12F3NO4.